The zero-order chi connectivity index (χ0) is 22.4. The Morgan fingerprint density at radius 1 is 1.23 bits per heavy atom. The number of benzene rings is 1. The number of nitrogens with zero attached hydrogens (tertiary/aromatic N) is 3. The van der Waals surface area contributed by atoms with Crippen LogP contribution < -0.4 is 15.0 Å². The summed E-state index contributed by atoms with van der Waals surface area (Å²) in [4.78, 5) is 20.5. The lowest BCUT2D eigenvalue weighted by molar-refractivity contribution is -0.145. The predicted molar refractivity (Wildman–Crippen MR) is 105 cm³/mol. The quantitative estimate of drug-likeness (QED) is 0.676. The van der Waals surface area contributed by atoms with Crippen molar-refractivity contribution in [3.05, 3.63) is 42.5 Å². The molecule has 0 bridgehead atoms. The van der Waals surface area contributed by atoms with Gasteiger partial charge >= 0.3 is 6.18 Å². The number of rotatable bonds is 8. The number of anilines is 1. The molecule has 8 nitrogen and oxygen atoms in total. The van der Waals surface area contributed by atoms with E-state index in [4.69, 9.17) is 14.2 Å². The summed E-state index contributed by atoms with van der Waals surface area (Å²) in [6, 6.07) is 6.85. The number of alkyl halides is 3. The molecule has 2 atom stereocenters. The van der Waals surface area contributed by atoms with Crippen LogP contribution >= 0.6 is 0 Å². The minimum atomic E-state index is -4.61. The first-order chi connectivity index (χ1) is 14.8. The summed E-state index contributed by atoms with van der Waals surface area (Å²) < 4.78 is 54.0. The molecule has 1 aliphatic rings. The Kier molecular flexibility index (Phi) is 7.29. The van der Waals surface area contributed by atoms with E-state index in [0.29, 0.717) is 25.4 Å². The second-order valence-corrected chi connectivity index (χ2v) is 6.85. The molecule has 1 aliphatic heterocycles. The molecule has 0 radical (unpaired) electrons. The van der Waals surface area contributed by atoms with Crippen molar-refractivity contribution < 1.29 is 32.2 Å². The van der Waals surface area contributed by atoms with Crippen LogP contribution in [0.5, 0.6) is 11.5 Å². The highest BCUT2D eigenvalue weighted by atomic mass is 19.4. The molecule has 3 rings (SSSR count). The van der Waals surface area contributed by atoms with Gasteiger partial charge in [0.1, 0.15) is 12.4 Å². The zero-order valence-corrected chi connectivity index (χ0v) is 17.1. The third-order valence-electron chi connectivity index (χ3n) is 4.57. The molecule has 0 unspecified atom stereocenters. The number of carbonyl (C=O) groups is 1. The van der Waals surface area contributed by atoms with Crippen molar-refractivity contribution in [2.45, 2.75) is 25.2 Å². The van der Waals surface area contributed by atoms with E-state index in [2.05, 4.69) is 15.3 Å². The molecular formula is C20H23F3N4O4. The predicted octanol–water partition coefficient (Wildman–Crippen LogP) is 2.64. The highest BCUT2D eigenvalue weighted by molar-refractivity contribution is 5.77. The summed E-state index contributed by atoms with van der Waals surface area (Å²) in [5.74, 6) is -0.947. The van der Waals surface area contributed by atoms with Gasteiger partial charge in [-0.25, -0.2) is 9.97 Å². The summed E-state index contributed by atoms with van der Waals surface area (Å²) >= 11 is 0. The molecule has 1 saturated heterocycles. The third-order valence-corrected chi connectivity index (χ3v) is 4.57. The molecule has 1 fully saturated rings. The van der Waals surface area contributed by atoms with E-state index < -0.39 is 12.0 Å². The van der Waals surface area contributed by atoms with E-state index in [-0.39, 0.29) is 30.4 Å². The summed E-state index contributed by atoms with van der Waals surface area (Å²) in [6.45, 7) is 3.43. The van der Waals surface area contributed by atoms with Gasteiger partial charge in [0.05, 0.1) is 24.5 Å². The molecule has 31 heavy (non-hydrogen) atoms. The number of ether oxygens (including phenoxy) is 3. The Morgan fingerprint density at radius 3 is 2.61 bits per heavy atom. The molecule has 168 valence electrons. The second-order valence-electron chi connectivity index (χ2n) is 6.85. The molecule has 0 spiro atoms. The monoisotopic (exact) mass is 440 g/mol. The van der Waals surface area contributed by atoms with Crippen LogP contribution in [0.15, 0.2) is 36.7 Å². The topological polar surface area (TPSA) is 85.8 Å². The van der Waals surface area contributed by atoms with Crippen LogP contribution in [0.25, 0.3) is 0 Å². The number of hydrogen-bond donors (Lipinski definition) is 1. The minimum absolute atomic E-state index is 0.0339. The van der Waals surface area contributed by atoms with Gasteiger partial charge < -0.3 is 24.4 Å². The first-order valence-corrected chi connectivity index (χ1v) is 9.62. The van der Waals surface area contributed by atoms with Crippen molar-refractivity contribution in [1.82, 2.24) is 15.3 Å². The first kappa shape index (κ1) is 22.8. The zero-order valence-electron chi connectivity index (χ0n) is 17.1. The molecule has 11 heteroatoms. The Labute approximate surface area is 177 Å². The van der Waals surface area contributed by atoms with E-state index in [1.807, 2.05) is 17.9 Å². The smallest absolute Gasteiger partial charge is 0.451 e. The van der Waals surface area contributed by atoms with Crippen molar-refractivity contribution in [2.24, 2.45) is 0 Å². The maximum Gasteiger partial charge on any atom is 0.451 e. The molecule has 1 amide bonds. The van der Waals surface area contributed by atoms with Gasteiger partial charge in [0, 0.05) is 38.6 Å². The Hall–Kier alpha value is -2.92. The molecule has 0 aliphatic carbocycles. The van der Waals surface area contributed by atoms with Crippen LogP contribution in [0, 0.1) is 0 Å². The fourth-order valence-corrected chi connectivity index (χ4v) is 3.28. The van der Waals surface area contributed by atoms with E-state index in [9.17, 15) is 18.0 Å². The molecule has 1 N–H and O–H groups in total. The number of carbonyl (C=O) groups excluding carboxylic acids is 1. The minimum Gasteiger partial charge on any atom is -0.454 e. The van der Waals surface area contributed by atoms with Crippen LogP contribution in [0.1, 0.15) is 12.7 Å². The van der Waals surface area contributed by atoms with Crippen LogP contribution in [0.2, 0.25) is 0 Å². The lowest BCUT2D eigenvalue weighted by Crippen LogP contribution is -2.45. The van der Waals surface area contributed by atoms with Gasteiger partial charge in [-0.2, -0.15) is 13.2 Å². The van der Waals surface area contributed by atoms with Crippen LogP contribution in [-0.2, 0) is 20.4 Å². The fourth-order valence-electron chi connectivity index (χ4n) is 3.28. The average Bonchev–Trinajstić information content (AvgIpc) is 3.11. The standard InChI is InChI=1S/C20H23F3N4O4/c1-3-30-17-11-27(10-16(17)26-18(28)12-29-2)13-5-4-6-14(7-13)31-15-8-24-19(25-9-15)20(21,22)23/h4-9,16-17H,3,10-12H2,1-2H3,(H,26,28)/t16-,17+/m0/s1. The van der Waals surface area contributed by atoms with Gasteiger partial charge in [-0.1, -0.05) is 6.07 Å². The normalized spacial score (nSPS) is 18.8. The van der Waals surface area contributed by atoms with Gasteiger partial charge in [0.15, 0.2) is 5.75 Å². The Morgan fingerprint density at radius 2 is 1.97 bits per heavy atom. The number of hydrogen-bond acceptors (Lipinski definition) is 7. The van der Waals surface area contributed by atoms with Gasteiger partial charge in [-0.15, -0.1) is 0 Å². The maximum absolute atomic E-state index is 12.6. The van der Waals surface area contributed by atoms with Gasteiger partial charge in [0.25, 0.3) is 0 Å². The number of amides is 1. The first-order valence-electron chi connectivity index (χ1n) is 9.62. The van der Waals surface area contributed by atoms with Gasteiger partial charge in [0.2, 0.25) is 11.7 Å². The number of halogens is 3. The third kappa shape index (κ3) is 6.05. The maximum atomic E-state index is 12.6. The van der Waals surface area contributed by atoms with Crippen molar-refractivity contribution >= 4 is 11.6 Å². The molecule has 2 aromatic rings. The average molecular weight is 440 g/mol. The van der Waals surface area contributed by atoms with Crippen LogP contribution in [-0.4, -0.2) is 61.4 Å². The highest BCUT2D eigenvalue weighted by Crippen LogP contribution is 2.30. The van der Waals surface area contributed by atoms with E-state index in [1.54, 1.807) is 18.2 Å². The fraction of sp³-hybridized carbons (Fsp3) is 0.450. The van der Waals surface area contributed by atoms with E-state index in [1.165, 1.54) is 7.11 Å². The summed E-state index contributed by atoms with van der Waals surface area (Å²) in [6.07, 6.45) is -2.85. The lowest BCUT2D eigenvalue weighted by atomic mass is 10.2. The largest absolute Gasteiger partial charge is 0.454 e. The Balaban J connectivity index is 1.69. The van der Waals surface area contributed by atoms with E-state index >= 15 is 0 Å². The van der Waals surface area contributed by atoms with Crippen molar-refractivity contribution in [1.29, 1.82) is 0 Å². The second kappa shape index (κ2) is 9.92. The van der Waals surface area contributed by atoms with Crippen molar-refractivity contribution in [3.63, 3.8) is 0 Å². The molecular weight excluding hydrogens is 417 g/mol. The summed E-state index contributed by atoms with van der Waals surface area (Å²) in [7, 11) is 1.45. The van der Waals surface area contributed by atoms with Gasteiger partial charge in [-0.3, -0.25) is 4.79 Å². The SMILES string of the molecule is CCO[C@@H]1CN(c2cccc(Oc3cnc(C(F)(F)F)nc3)c2)C[C@@H]1NC(=O)COC. The van der Waals surface area contributed by atoms with E-state index in [0.717, 1.165) is 18.1 Å². The molecule has 1 aromatic heterocycles. The molecule has 0 saturated carbocycles. The Bertz CT molecular complexity index is 879. The van der Waals surface area contributed by atoms with Crippen molar-refractivity contribution in [2.75, 3.05) is 38.3 Å². The van der Waals surface area contributed by atoms with Crippen molar-refractivity contribution in [3.8, 4) is 11.5 Å². The number of aromatic nitrogens is 2. The highest BCUT2D eigenvalue weighted by Gasteiger charge is 2.35. The number of methoxy groups -OCH3 is 1. The lowest BCUT2D eigenvalue weighted by Gasteiger charge is -2.19. The van der Waals surface area contributed by atoms with Crippen LogP contribution in [0.4, 0.5) is 18.9 Å². The number of nitrogens with one attached hydrogen (secondary N) is 1. The summed E-state index contributed by atoms with van der Waals surface area (Å²) in [5, 5.41) is 2.92. The molecule has 1 aromatic carbocycles. The van der Waals surface area contributed by atoms with Gasteiger partial charge in [-0.05, 0) is 19.1 Å². The van der Waals surface area contributed by atoms with Crippen LogP contribution in [0.3, 0.4) is 0 Å². The molecule has 2 heterocycles. The summed E-state index contributed by atoms with van der Waals surface area (Å²) in [5.41, 5.74) is 0.818.